The lowest BCUT2D eigenvalue weighted by Gasteiger charge is -2.30. The van der Waals surface area contributed by atoms with Gasteiger partial charge in [-0.05, 0) is 39.8 Å². The molecular weight excluding hydrogens is 296 g/mol. The second-order valence-electron chi connectivity index (χ2n) is 5.75. The Hall–Kier alpha value is -2.50. The molecule has 1 aliphatic heterocycles. The van der Waals surface area contributed by atoms with Crippen molar-refractivity contribution in [3.63, 3.8) is 0 Å². The number of hydrogen-bond acceptors (Lipinski definition) is 5. The Morgan fingerprint density at radius 2 is 1.96 bits per heavy atom. The molecule has 0 fully saturated rings. The monoisotopic (exact) mass is 316 g/mol. The van der Waals surface area contributed by atoms with Crippen molar-refractivity contribution in [2.24, 2.45) is 10.9 Å². The van der Waals surface area contributed by atoms with Crippen molar-refractivity contribution in [1.29, 1.82) is 0 Å². The van der Waals surface area contributed by atoms with Crippen LogP contribution in [0.3, 0.4) is 0 Å². The van der Waals surface area contributed by atoms with Crippen LogP contribution < -0.4 is 0 Å². The van der Waals surface area contributed by atoms with Gasteiger partial charge in [0.25, 0.3) is 0 Å². The van der Waals surface area contributed by atoms with Gasteiger partial charge in [-0.3, -0.25) is 14.8 Å². The first-order valence-corrected chi connectivity index (χ1v) is 7.43. The maximum Gasteiger partial charge on any atom is 0.336 e. The number of aliphatic imine (C=N–C) groups is 1. The predicted molar refractivity (Wildman–Crippen MR) is 85.1 cm³/mol. The summed E-state index contributed by atoms with van der Waals surface area (Å²) in [5.74, 6) is -3.24. The van der Waals surface area contributed by atoms with E-state index in [4.69, 9.17) is 4.74 Å². The number of esters is 1. The van der Waals surface area contributed by atoms with Crippen LogP contribution in [0.2, 0.25) is 0 Å². The van der Waals surface area contributed by atoms with E-state index in [1.165, 1.54) is 0 Å². The number of nitrogens with zero attached hydrogens (tertiary/aromatic N) is 2. The summed E-state index contributed by atoms with van der Waals surface area (Å²) in [6, 6.07) is 5.23. The summed E-state index contributed by atoms with van der Waals surface area (Å²) >= 11 is 0. The third-order valence-electron chi connectivity index (χ3n) is 3.66. The number of carbonyl (C=O) groups excluding carboxylic acids is 1. The van der Waals surface area contributed by atoms with Crippen LogP contribution in [0.4, 0.5) is 0 Å². The molecule has 2 rings (SSSR count). The molecule has 0 radical (unpaired) electrons. The molecule has 2 atom stereocenters. The number of pyridine rings is 1. The molecule has 1 aromatic heterocycles. The van der Waals surface area contributed by atoms with Crippen LogP contribution in [-0.4, -0.2) is 33.8 Å². The highest BCUT2D eigenvalue weighted by Crippen LogP contribution is 2.38. The fourth-order valence-electron chi connectivity index (χ4n) is 2.78. The third kappa shape index (κ3) is 3.47. The molecule has 0 saturated carbocycles. The quantitative estimate of drug-likeness (QED) is 0.862. The smallest absolute Gasteiger partial charge is 0.336 e. The Labute approximate surface area is 134 Å². The van der Waals surface area contributed by atoms with Gasteiger partial charge in [0.15, 0.2) is 0 Å². The summed E-state index contributed by atoms with van der Waals surface area (Å²) in [4.78, 5) is 32.8. The minimum absolute atomic E-state index is 0.260. The average Bonchev–Trinajstić information content (AvgIpc) is 2.45. The number of carboxylic acid groups (broad SMARTS) is 1. The molecule has 23 heavy (non-hydrogen) atoms. The van der Waals surface area contributed by atoms with Gasteiger partial charge >= 0.3 is 11.9 Å². The van der Waals surface area contributed by atoms with Crippen molar-refractivity contribution < 1.29 is 19.4 Å². The van der Waals surface area contributed by atoms with Gasteiger partial charge in [0.05, 0.1) is 17.6 Å². The van der Waals surface area contributed by atoms with Crippen LogP contribution in [0, 0.1) is 5.92 Å². The summed E-state index contributed by atoms with van der Waals surface area (Å²) in [5.41, 5.74) is 1.70. The van der Waals surface area contributed by atoms with E-state index in [-0.39, 0.29) is 11.7 Å². The number of carboxylic acids is 1. The van der Waals surface area contributed by atoms with E-state index in [1.54, 1.807) is 52.1 Å². The zero-order valence-corrected chi connectivity index (χ0v) is 13.6. The Morgan fingerprint density at radius 3 is 2.48 bits per heavy atom. The highest BCUT2D eigenvalue weighted by Gasteiger charge is 2.42. The molecule has 6 heteroatoms. The topological polar surface area (TPSA) is 88.9 Å². The molecule has 1 aromatic rings. The zero-order chi connectivity index (χ0) is 17.1. The number of aliphatic carboxylic acids is 1. The Balaban J connectivity index is 2.59. The molecule has 0 saturated heterocycles. The van der Waals surface area contributed by atoms with Crippen molar-refractivity contribution in [2.75, 3.05) is 0 Å². The molecular formula is C17H20N2O4. The first-order valence-electron chi connectivity index (χ1n) is 7.43. The van der Waals surface area contributed by atoms with E-state index < -0.39 is 23.8 Å². The maximum atomic E-state index is 12.5. The molecule has 2 unspecified atom stereocenters. The lowest BCUT2D eigenvalue weighted by Crippen LogP contribution is -2.36. The fourth-order valence-corrected chi connectivity index (χ4v) is 2.78. The van der Waals surface area contributed by atoms with Crippen LogP contribution in [-0.2, 0) is 14.3 Å². The number of ether oxygens (including phenoxy) is 1. The lowest BCUT2D eigenvalue weighted by molar-refractivity contribution is -0.143. The van der Waals surface area contributed by atoms with Crippen LogP contribution in [0.25, 0.3) is 0 Å². The van der Waals surface area contributed by atoms with Crippen LogP contribution >= 0.6 is 0 Å². The minimum atomic E-state index is -1.04. The van der Waals surface area contributed by atoms with Crippen molar-refractivity contribution >= 4 is 17.7 Å². The van der Waals surface area contributed by atoms with Gasteiger partial charge in [-0.25, -0.2) is 4.79 Å². The van der Waals surface area contributed by atoms with E-state index in [1.807, 2.05) is 0 Å². The van der Waals surface area contributed by atoms with Gasteiger partial charge in [-0.1, -0.05) is 6.07 Å². The van der Waals surface area contributed by atoms with Crippen molar-refractivity contribution in [1.82, 2.24) is 4.98 Å². The molecule has 6 nitrogen and oxygen atoms in total. The molecule has 0 bridgehead atoms. The molecule has 2 heterocycles. The number of aromatic nitrogens is 1. The van der Waals surface area contributed by atoms with Crippen molar-refractivity contribution in [3.8, 4) is 0 Å². The van der Waals surface area contributed by atoms with E-state index >= 15 is 0 Å². The largest absolute Gasteiger partial charge is 0.481 e. The Kier molecular flexibility index (Phi) is 4.93. The third-order valence-corrected chi connectivity index (χ3v) is 3.66. The van der Waals surface area contributed by atoms with Crippen LogP contribution in [0.5, 0.6) is 0 Å². The van der Waals surface area contributed by atoms with Crippen molar-refractivity contribution in [2.45, 2.75) is 39.7 Å². The first-order chi connectivity index (χ1) is 10.8. The predicted octanol–water partition coefficient (Wildman–Crippen LogP) is 2.57. The molecule has 1 aliphatic rings. The van der Waals surface area contributed by atoms with E-state index in [9.17, 15) is 14.7 Å². The van der Waals surface area contributed by atoms with Gasteiger partial charge in [0.2, 0.25) is 0 Å². The van der Waals surface area contributed by atoms with Gasteiger partial charge in [-0.15, -0.1) is 0 Å². The SMILES string of the molecule is CC1=NC(C)=C(C(=O)OC(C)C)C(c2ccccn2)C1C(=O)O. The zero-order valence-electron chi connectivity index (χ0n) is 13.6. The summed E-state index contributed by atoms with van der Waals surface area (Å²) < 4.78 is 5.29. The number of carbonyl (C=O) groups is 2. The second-order valence-corrected chi connectivity index (χ2v) is 5.75. The highest BCUT2D eigenvalue weighted by molar-refractivity contribution is 6.06. The molecule has 1 N–H and O–H groups in total. The first kappa shape index (κ1) is 16.9. The highest BCUT2D eigenvalue weighted by atomic mass is 16.5. The molecule has 0 spiro atoms. The van der Waals surface area contributed by atoms with Gasteiger partial charge in [0, 0.05) is 23.3 Å². The van der Waals surface area contributed by atoms with Gasteiger partial charge in [0.1, 0.15) is 5.92 Å². The van der Waals surface area contributed by atoms with Crippen LogP contribution in [0.15, 0.2) is 40.7 Å². The van der Waals surface area contributed by atoms with Crippen molar-refractivity contribution in [3.05, 3.63) is 41.4 Å². The lowest BCUT2D eigenvalue weighted by atomic mass is 9.77. The molecule has 0 aliphatic carbocycles. The van der Waals surface area contributed by atoms with E-state index in [0.29, 0.717) is 17.1 Å². The summed E-state index contributed by atoms with van der Waals surface area (Å²) in [7, 11) is 0. The summed E-state index contributed by atoms with van der Waals surface area (Å²) in [6.45, 7) is 6.84. The van der Waals surface area contributed by atoms with Crippen LogP contribution in [0.1, 0.15) is 39.3 Å². The molecule has 0 amide bonds. The summed E-state index contributed by atoms with van der Waals surface area (Å²) in [5, 5.41) is 9.62. The second kappa shape index (κ2) is 6.73. The standard InChI is InChI=1S/C17H20N2O4/c1-9(2)23-17(22)14-11(4)19-10(3)13(16(20)21)15(14)12-7-5-6-8-18-12/h5-9,13,15H,1-4H3,(H,20,21). The summed E-state index contributed by atoms with van der Waals surface area (Å²) in [6.07, 6.45) is 1.28. The number of hydrogen-bond donors (Lipinski definition) is 1. The number of rotatable bonds is 4. The van der Waals surface area contributed by atoms with E-state index in [2.05, 4.69) is 9.98 Å². The van der Waals surface area contributed by atoms with E-state index in [0.717, 1.165) is 0 Å². The molecule has 122 valence electrons. The average molecular weight is 316 g/mol. The Bertz CT molecular complexity index is 677. The normalized spacial score (nSPS) is 21.2. The fraction of sp³-hybridized carbons (Fsp3) is 0.412. The number of allylic oxidation sites excluding steroid dienone is 1. The Morgan fingerprint density at radius 1 is 1.26 bits per heavy atom. The van der Waals surface area contributed by atoms with Gasteiger partial charge in [-0.2, -0.15) is 0 Å². The minimum Gasteiger partial charge on any atom is -0.481 e. The van der Waals surface area contributed by atoms with Gasteiger partial charge < -0.3 is 9.84 Å². The maximum absolute atomic E-state index is 12.5. The molecule has 0 aromatic carbocycles.